The third-order valence-corrected chi connectivity index (χ3v) is 1.97. The number of aliphatic hydroxyl groups excluding tert-OH is 1. The Morgan fingerprint density at radius 1 is 1.64 bits per heavy atom. The van der Waals surface area contributed by atoms with Crippen LogP contribution in [0.4, 0.5) is 11.5 Å². The number of nitrogens with two attached hydrogens (primary N) is 1. The molecule has 0 aliphatic heterocycles. The fraction of sp³-hybridized carbons (Fsp3) is 0.500. The highest BCUT2D eigenvalue weighted by Crippen LogP contribution is 2.10. The monoisotopic (exact) mass is 195 g/mol. The van der Waals surface area contributed by atoms with E-state index in [0.29, 0.717) is 11.7 Å². The van der Waals surface area contributed by atoms with E-state index in [1.165, 1.54) is 0 Å². The van der Waals surface area contributed by atoms with Gasteiger partial charge >= 0.3 is 0 Å². The molecule has 0 aliphatic rings. The quantitative estimate of drug-likeness (QED) is 0.661. The Bertz CT molecular complexity index is 278. The Kier molecular flexibility index (Phi) is 4.19. The van der Waals surface area contributed by atoms with Crippen LogP contribution in [-0.2, 0) is 0 Å². The number of anilines is 2. The number of nitrogen functional groups attached to an aromatic ring is 1. The van der Waals surface area contributed by atoms with Crippen LogP contribution in [0.3, 0.4) is 0 Å². The molecule has 4 N–H and O–H groups in total. The molecule has 1 atom stereocenters. The molecular formula is C10H17N3O. The summed E-state index contributed by atoms with van der Waals surface area (Å²) in [5.74, 6) is 0.787. The minimum atomic E-state index is 0.233. The van der Waals surface area contributed by atoms with Gasteiger partial charge < -0.3 is 16.2 Å². The van der Waals surface area contributed by atoms with E-state index in [2.05, 4.69) is 17.2 Å². The highest BCUT2D eigenvalue weighted by molar-refractivity contribution is 5.48. The highest BCUT2D eigenvalue weighted by Gasteiger charge is 2.02. The average molecular weight is 195 g/mol. The summed E-state index contributed by atoms with van der Waals surface area (Å²) >= 11 is 0. The lowest BCUT2D eigenvalue weighted by Gasteiger charge is -2.13. The summed E-state index contributed by atoms with van der Waals surface area (Å²) in [6.45, 7) is 2.29. The number of hydrogen-bond donors (Lipinski definition) is 3. The van der Waals surface area contributed by atoms with E-state index in [-0.39, 0.29) is 6.61 Å². The lowest BCUT2D eigenvalue weighted by molar-refractivity contribution is 0.282. The van der Waals surface area contributed by atoms with E-state index in [4.69, 9.17) is 10.8 Å². The smallest absolute Gasteiger partial charge is 0.128 e. The molecule has 4 nitrogen and oxygen atoms in total. The number of aliphatic hydroxyl groups is 1. The van der Waals surface area contributed by atoms with Crippen LogP contribution in [0, 0.1) is 0 Å². The molecule has 0 fully saturated rings. The number of aromatic nitrogens is 1. The standard InChI is InChI=1S/C10H17N3O/c1-8(3-2-6-14)13-10-7-9(11)4-5-12-10/h4-5,7-8,14H,2-3,6H2,1H3,(H3,11,12,13). The highest BCUT2D eigenvalue weighted by atomic mass is 16.2. The Morgan fingerprint density at radius 2 is 2.43 bits per heavy atom. The molecule has 78 valence electrons. The predicted octanol–water partition coefficient (Wildman–Crippen LogP) is 1.24. The van der Waals surface area contributed by atoms with Crippen molar-refractivity contribution in [1.29, 1.82) is 0 Å². The second-order valence-corrected chi connectivity index (χ2v) is 3.39. The van der Waals surface area contributed by atoms with E-state index >= 15 is 0 Å². The van der Waals surface area contributed by atoms with Gasteiger partial charge in [-0.15, -0.1) is 0 Å². The Balaban J connectivity index is 2.43. The molecular weight excluding hydrogens is 178 g/mol. The maximum atomic E-state index is 8.66. The third-order valence-electron chi connectivity index (χ3n) is 1.97. The summed E-state index contributed by atoms with van der Waals surface area (Å²) < 4.78 is 0. The first-order chi connectivity index (χ1) is 6.72. The average Bonchev–Trinajstić information content (AvgIpc) is 2.15. The van der Waals surface area contributed by atoms with Gasteiger partial charge in [-0.3, -0.25) is 0 Å². The second-order valence-electron chi connectivity index (χ2n) is 3.39. The van der Waals surface area contributed by atoms with E-state index < -0.39 is 0 Å². The van der Waals surface area contributed by atoms with Crippen molar-refractivity contribution in [2.45, 2.75) is 25.8 Å². The maximum absolute atomic E-state index is 8.66. The van der Waals surface area contributed by atoms with Crippen molar-refractivity contribution in [2.24, 2.45) is 0 Å². The molecule has 0 amide bonds. The minimum Gasteiger partial charge on any atom is -0.399 e. The zero-order valence-corrected chi connectivity index (χ0v) is 8.40. The van der Waals surface area contributed by atoms with Gasteiger partial charge in [0, 0.05) is 30.6 Å². The van der Waals surface area contributed by atoms with E-state index in [9.17, 15) is 0 Å². The van der Waals surface area contributed by atoms with Crippen molar-refractivity contribution in [3.8, 4) is 0 Å². The zero-order valence-electron chi connectivity index (χ0n) is 8.40. The van der Waals surface area contributed by atoms with E-state index in [0.717, 1.165) is 18.7 Å². The first-order valence-corrected chi connectivity index (χ1v) is 4.81. The molecule has 0 aliphatic carbocycles. The topological polar surface area (TPSA) is 71.2 Å². The summed E-state index contributed by atoms with van der Waals surface area (Å²) in [7, 11) is 0. The largest absolute Gasteiger partial charge is 0.399 e. The first-order valence-electron chi connectivity index (χ1n) is 4.81. The predicted molar refractivity (Wildman–Crippen MR) is 58.1 cm³/mol. The number of hydrogen-bond acceptors (Lipinski definition) is 4. The fourth-order valence-corrected chi connectivity index (χ4v) is 1.25. The number of nitrogens with one attached hydrogen (secondary N) is 1. The molecule has 0 radical (unpaired) electrons. The molecule has 1 aromatic heterocycles. The summed E-state index contributed by atoms with van der Waals surface area (Å²) in [4.78, 5) is 4.13. The zero-order chi connectivity index (χ0) is 10.4. The summed E-state index contributed by atoms with van der Waals surface area (Å²) in [5.41, 5.74) is 6.32. The van der Waals surface area contributed by atoms with Gasteiger partial charge in [-0.05, 0) is 25.8 Å². The van der Waals surface area contributed by atoms with Crippen LogP contribution in [0.15, 0.2) is 18.3 Å². The van der Waals surface area contributed by atoms with Crippen molar-refractivity contribution in [1.82, 2.24) is 4.98 Å². The van der Waals surface area contributed by atoms with Gasteiger partial charge in [0.05, 0.1) is 0 Å². The lowest BCUT2D eigenvalue weighted by Crippen LogP contribution is -2.16. The molecule has 4 heteroatoms. The first kappa shape index (κ1) is 10.8. The second kappa shape index (κ2) is 5.44. The van der Waals surface area contributed by atoms with Crippen molar-refractivity contribution >= 4 is 11.5 Å². The van der Waals surface area contributed by atoms with Gasteiger partial charge in [0.25, 0.3) is 0 Å². The molecule has 0 bridgehead atoms. The Hall–Kier alpha value is -1.29. The normalized spacial score (nSPS) is 12.4. The SMILES string of the molecule is CC(CCCO)Nc1cc(N)ccn1. The van der Waals surface area contributed by atoms with Crippen molar-refractivity contribution in [2.75, 3.05) is 17.7 Å². The molecule has 14 heavy (non-hydrogen) atoms. The summed E-state index contributed by atoms with van der Waals surface area (Å²) in [6, 6.07) is 3.86. The molecule has 1 rings (SSSR count). The van der Waals surface area contributed by atoms with Crippen LogP contribution in [0.2, 0.25) is 0 Å². The van der Waals surface area contributed by atoms with Crippen molar-refractivity contribution in [3.63, 3.8) is 0 Å². The van der Waals surface area contributed by atoms with Crippen LogP contribution >= 0.6 is 0 Å². The number of rotatable bonds is 5. The van der Waals surface area contributed by atoms with E-state index in [1.807, 2.05) is 0 Å². The van der Waals surface area contributed by atoms with Gasteiger partial charge in [-0.2, -0.15) is 0 Å². The number of nitrogens with zero attached hydrogens (tertiary/aromatic N) is 1. The molecule has 0 saturated heterocycles. The molecule has 0 saturated carbocycles. The third kappa shape index (κ3) is 3.62. The van der Waals surface area contributed by atoms with Crippen LogP contribution in [0.5, 0.6) is 0 Å². The molecule has 1 unspecified atom stereocenters. The van der Waals surface area contributed by atoms with Crippen LogP contribution in [0.1, 0.15) is 19.8 Å². The van der Waals surface area contributed by atoms with Crippen LogP contribution in [-0.4, -0.2) is 22.7 Å². The van der Waals surface area contributed by atoms with Crippen molar-refractivity contribution < 1.29 is 5.11 Å². The molecule has 0 spiro atoms. The van der Waals surface area contributed by atoms with Gasteiger partial charge in [0.15, 0.2) is 0 Å². The van der Waals surface area contributed by atoms with Crippen LogP contribution < -0.4 is 11.1 Å². The molecule has 0 aromatic carbocycles. The van der Waals surface area contributed by atoms with Gasteiger partial charge in [0.1, 0.15) is 5.82 Å². The summed E-state index contributed by atoms with van der Waals surface area (Å²) in [5, 5.41) is 11.9. The fourth-order valence-electron chi connectivity index (χ4n) is 1.25. The Labute approximate surface area is 84.2 Å². The molecule has 1 aromatic rings. The minimum absolute atomic E-state index is 0.233. The van der Waals surface area contributed by atoms with Gasteiger partial charge in [-0.1, -0.05) is 0 Å². The summed E-state index contributed by atoms with van der Waals surface area (Å²) in [6.07, 6.45) is 3.40. The van der Waals surface area contributed by atoms with E-state index in [1.54, 1.807) is 18.3 Å². The Morgan fingerprint density at radius 3 is 3.07 bits per heavy atom. The maximum Gasteiger partial charge on any atom is 0.128 e. The van der Waals surface area contributed by atoms with Crippen LogP contribution in [0.25, 0.3) is 0 Å². The molecule has 1 heterocycles. The van der Waals surface area contributed by atoms with Gasteiger partial charge in [-0.25, -0.2) is 4.98 Å². The number of pyridine rings is 1. The van der Waals surface area contributed by atoms with Gasteiger partial charge in [0.2, 0.25) is 0 Å². The lowest BCUT2D eigenvalue weighted by atomic mass is 10.2. The van der Waals surface area contributed by atoms with Crippen molar-refractivity contribution in [3.05, 3.63) is 18.3 Å².